The number of aromatic nitrogens is 5. The third-order valence-corrected chi connectivity index (χ3v) is 7.12. The van der Waals surface area contributed by atoms with Crippen LogP contribution in [0.25, 0.3) is 44.6 Å². The SMILES string of the molecule is CN1CCN(c2cccc3[nH]c(-c4n[nH]c5ccc(-c6cncc(NC(=O)C(C)(C)C)c6)nc45)cc23)CC1. The number of likely N-dealkylation sites (N-methyl/N-ethyl adjacent to an activating group) is 1. The molecule has 5 heterocycles. The lowest BCUT2D eigenvalue weighted by atomic mass is 9.95. The molecule has 6 rings (SSSR count). The van der Waals surface area contributed by atoms with Gasteiger partial charge in [-0.25, -0.2) is 4.98 Å². The molecule has 0 aliphatic carbocycles. The van der Waals surface area contributed by atoms with Crippen molar-refractivity contribution in [1.82, 2.24) is 30.0 Å². The fourth-order valence-corrected chi connectivity index (χ4v) is 4.80. The normalized spacial score (nSPS) is 14.9. The van der Waals surface area contributed by atoms with Gasteiger partial charge in [-0.05, 0) is 43.4 Å². The molecule has 38 heavy (non-hydrogen) atoms. The van der Waals surface area contributed by atoms with E-state index in [1.165, 1.54) is 11.1 Å². The summed E-state index contributed by atoms with van der Waals surface area (Å²) < 4.78 is 0. The van der Waals surface area contributed by atoms with Crippen LogP contribution in [0.1, 0.15) is 20.8 Å². The summed E-state index contributed by atoms with van der Waals surface area (Å²) in [6.07, 6.45) is 3.41. The second-order valence-electron chi connectivity index (χ2n) is 11.0. The summed E-state index contributed by atoms with van der Waals surface area (Å²) >= 11 is 0. The molecule has 1 amide bonds. The van der Waals surface area contributed by atoms with Gasteiger partial charge in [0.1, 0.15) is 11.2 Å². The number of amides is 1. The van der Waals surface area contributed by atoms with Crippen LogP contribution in [0, 0.1) is 5.41 Å². The molecule has 0 bridgehead atoms. The fourth-order valence-electron chi connectivity index (χ4n) is 4.80. The Hall–Kier alpha value is -4.24. The molecule has 3 N–H and O–H groups in total. The molecule has 5 aromatic rings. The second kappa shape index (κ2) is 9.25. The third kappa shape index (κ3) is 4.50. The monoisotopic (exact) mass is 508 g/mol. The molecule has 0 spiro atoms. The molecule has 4 aromatic heterocycles. The summed E-state index contributed by atoms with van der Waals surface area (Å²) in [5.74, 6) is -0.0632. The van der Waals surface area contributed by atoms with Gasteiger partial charge in [0.15, 0.2) is 0 Å². The van der Waals surface area contributed by atoms with Gasteiger partial charge in [0.05, 0.1) is 28.8 Å². The zero-order valence-electron chi connectivity index (χ0n) is 22.2. The molecule has 194 valence electrons. The molecular formula is C29H32N8O. The van der Waals surface area contributed by atoms with E-state index in [1.54, 1.807) is 12.4 Å². The summed E-state index contributed by atoms with van der Waals surface area (Å²) in [5, 5.41) is 11.9. The van der Waals surface area contributed by atoms with Crippen LogP contribution in [0.4, 0.5) is 11.4 Å². The lowest BCUT2D eigenvalue weighted by molar-refractivity contribution is -0.123. The summed E-state index contributed by atoms with van der Waals surface area (Å²) in [4.78, 5) is 30.1. The van der Waals surface area contributed by atoms with Crippen molar-refractivity contribution in [1.29, 1.82) is 0 Å². The summed E-state index contributed by atoms with van der Waals surface area (Å²) in [6.45, 7) is 9.78. The van der Waals surface area contributed by atoms with E-state index in [4.69, 9.17) is 4.98 Å². The molecule has 0 saturated carbocycles. The van der Waals surface area contributed by atoms with Gasteiger partial charge < -0.3 is 20.1 Å². The van der Waals surface area contributed by atoms with E-state index in [2.05, 4.69) is 66.6 Å². The largest absolute Gasteiger partial charge is 0.368 e. The molecule has 9 heteroatoms. The molecule has 1 aliphatic rings. The fraction of sp³-hybridized carbons (Fsp3) is 0.310. The maximum atomic E-state index is 12.5. The maximum Gasteiger partial charge on any atom is 0.229 e. The zero-order chi connectivity index (χ0) is 26.4. The number of nitrogens with one attached hydrogen (secondary N) is 3. The first-order valence-corrected chi connectivity index (χ1v) is 12.9. The third-order valence-electron chi connectivity index (χ3n) is 7.12. The number of carbonyl (C=O) groups excluding carboxylic acids is 1. The van der Waals surface area contributed by atoms with Crippen LogP contribution in [-0.4, -0.2) is 69.2 Å². The minimum atomic E-state index is -0.497. The molecule has 1 fully saturated rings. The topological polar surface area (TPSA) is 106 Å². The first-order chi connectivity index (χ1) is 18.3. The predicted octanol–water partition coefficient (Wildman–Crippen LogP) is 4.90. The van der Waals surface area contributed by atoms with Crippen LogP contribution in [0.3, 0.4) is 0 Å². The average Bonchev–Trinajstić information content (AvgIpc) is 3.52. The van der Waals surface area contributed by atoms with Gasteiger partial charge >= 0.3 is 0 Å². The van der Waals surface area contributed by atoms with Crippen molar-refractivity contribution in [2.24, 2.45) is 5.41 Å². The Kier molecular flexibility index (Phi) is 5.87. The lowest BCUT2D eigenvalue weighted by Gasteiger charge is -2.34. The van der Waals surface area contributed by atoms with Crippen molar-refractivity contribution in [3.63, 3.8) is 0 Å². The van der Waals surface area contributed by atoms with E-state index in [1.807, 2.05) is 39.0 Å². The highest BCUT2D eigenvalue weighted by Crippen LogP contribution is 2.34. The number of pyridine rings is 2. The van der Waals surface area contributed by atoms with Crippen molar-refractivity contribution in [3.8, 4) is 22.6 Å². The van der Waals surface area contributed by atoms with Crippen LogP contribution in [0.5, 0.6) is 0 Å². The second-order valence-corrected chi connectivity index (χ2v) is 11.0. The number of benzene rings is 1. The Morgan fingerprint density at radius 3 is 2.61 bits per heavy atom. The minimum Gasteiger partial charge on any atom is -0.368 e. The van der Waals surface area contributed by atoms with Crippen molar-refractivity contribution >= 4 is 39.2 Å². The van der Waals surface area contributed by atoms with Crippen molar-refractivity contribution < 1.29 is 4.79 Å². The first-order valence-electron chi connectivity index (χ1n) is 12.9. The number of fused-ring (bicyclic) bond motifs is 2. The Bertz CT molecular complexity index is 1640. The van der Waals surface area contributed by atoms with E-state index < -0.39 is 5.41 Å². The van der Waals surface area contributed by atoms with Crippen molar-refractivity contribution in [3.05, 3.63) is 54.9 Å². The van der Waals surface area contributed by atoms with Gasteiger partial charge in [0, 0.05) is 59.9 Å². The van der Waals surface area contributed by atoms with Gasteiger partial charge in [-0.15, -0.1) is 0 Å². The smallest absolute Gasteiger partial charge is 0.229 e. The predicted molar refractivity (Wildman–Crippen MR) is 152 cm³/mol. The van der Waals surface area contributed by atoms with E-state index in [0.29, 0.717) is 5.69 Å². The number of H-pyrrole nitrogens is 2. The van der Waals surface area contributed by atoms with Crippen LogP contribution in [0.15, 0.2) is 54.9 Å². The average molecular weight is 509 g/mol. The standard InChI is InChI=1S/C29H32N8O/c1-29(2,3)28(38)31-19-14-18(16-30-17-19)21-8-9-23-26(33-21)27(35-34-23)24-15-20-22(32-24)6-5-7-25(20)37-12-10-36(4)11-13-37/h5-9,14-17,32H,10-13H2,1-4H3,(H,31,38)(H,34,35). The Morgan fingerprint density at radius 2 is 1.82 bits per heavy atom. The summed E-state index contributed by atoms with van der Waals surface area (Å²) in [5.41, 5.74) is 7.36. The molecule has 9 nitrogen and oxygen atoms in total. The molecule has 1 saturated heterocycles. The highest BCUT2D eigenvalue weighted by Gasteiger charge is 2.22. The number of hydrogen-bond donors (Lipinski definition) is 3. The van der Waals surface area contributed by atoms with E-state index >= 15 is 0 Å². The Morgan fingerprint density at radius 1 is 1.00 bits per heavy atom. The van der Waals surface area contributed by atoms with Gasteiger partial charge in [-0.3, -0.25) is 14.9 Å². The van der Waals surface area contributed by atoms with Gasteiger partial charge in [-0.1, -0.05) is 26.8 Å². The first kappa shape index (κ1) is 24.1. The summed E-state index contributed by atoms with van der Waals surface area (Å²) in [7, 11) is 2.17. The molecule has 1 aliphatic heterocycles. The van der Waals surface area contributed by atoms with Crippen LogP contribution in [-0.2, 0) is 4.79 Å². The van der Waals surface area contributed by atoms with Crippen LogP contribution in [0.2, 0.25) is 0 Å². The molecule has 0 unspecified atom stereocenters. The number of anilines is 2. The number of piperazine rings is 1. The number of nitrogens with zero attached hydrogens (tertiary/aromatic N) is 5. The van der Waals surface area contributed by atoms with E-state index in [-0.39, 0.29) is 5.91 Å². The number of aromatic amines is 2. The summed E-state index contributed by atoms with van der Waals surface area (Å²) in [6, 6.07) is 14.4. The van der Waals surface area contributed by atoms with E-state index in [9.17, 15) is 4.79 Å². The maximum absolute atomic E-state index is 12.5. The zero-order valence-corrected chi connectivity index (χ0v) is 22.2. The minimum absolute atomic E-state index is 0.0632. The van der Waals surface area contributed by atoms with Crippen molar-refractivity contribution in [2.75, 3.05) is 43.4 Å². The number of hydrogen-bond acceptors (Lipinski definition) is 6. The molecule has 0 atom stereocenters. The van der Waals surface area contributed by atoms with Gasteiger partial charge in [-0.2, -0.15) is 5.10 Å². The highest BCUT2D eigenvalue weighted by molar-refractivity contribution is 5.99. The lowest BCUT2D eigenvalue weighted by Crippen LogP contribution is -2.44. The molecular weight excluding hydrogens is 476 g/mol. The van der Waals surface area contributed by atoms with Gasteiger partial charge in [0.2, 0.25) is 5.91 Å². The van der Waals surface area contributed by atoms with E-state index in [0.717, 1.165) is 65.4 Å². The number of carbonyl (C=O) groups is 1. The van der Waals surface area contributed by atoms with Gasteiger partial charge in [0.25, 0.3) is 0 Å². The Labute approximate surface area is 221 Å². The van der Waals surface area contributed by atoms with Crippen LogP contribution >= 0.6 is 0 Å². The quantitative estimate of drug-likeness (QED) is 0.319. The van der Waals surface area contributed by atoms with Crippen LogP contribution < -0.4 is 10.2 Å². The molecule has 0 radical (unpaired) electrons. The molecule has 1 aromatic carbocycles. The number of rotatable bonds is 4. The van der Waals surface area contributed by atoms with Crippen molar-refractivity contribution in [2.45, 2.75) is 20.8 Å². The highest BCUT2D eigenvalue weighted by atomic mass is 16.2. The Balaban J connectivity index is 1.35.